The van der Waals surface area contributed by atoms with Gasteiger partial charge in [0.15, 0.2) is 0 Å². The lowest BCUT2D eigenvalue weighted by molar-refractivity contribution is 0.0600. The number of benzene rings is 1. The summed E-state index contributed by atoms with van der Waals surface area (Å²) in [6.45, 7) is 4.62. The van der Waals surface area contributed by atoms with E-state index >= 15 is 0 Å². The van der Waals surface area contributed by atoms with Crippen LogP contribution >= 0.6 is 11.8 Å². The molecule has 0 fully saturated rings. The van der Waals surface area contributed by atoms with Gasteiger partial charge in [-0.15, -0.1) is 0 Å². The van der Waals surface area contributed by atoms with E-state index in [-0.39, 0.29) is 6.03 Å². The first-order valence-corrected chi connectivity index (χ1v) is 8.05. The predicted octanol–water partition coefficient (Wildman–Crippen LogP) is 3.05. The van der Waals surface area contributed by atoms with Crippen molar-refractivity contribution in [2.75, 3.05) is 30.5 Å². The molecule has 1 aromatic rings. The third-order valence-electron chi connectivity index (χ3n) is 2.79. The van der Waals surface area contributed by atoms with E-state index < -0.39 is 5.97 Å². The zero-order valence-electron chi connectivity index (χ0n) is 12.7. The molecule has 1 rings (SSSR count). The number of nitrogens with one attached hydrogen (secondary N) is 2. The van der Waals surface area contributed by atoms with Crippen molar-refractivity contribution in [2.24, 2.45) is 0 Å². The maximum atomic E-state index is 11.8. The van der Waals surface area contributed by atoms with Crippen molar-refractivity contribution in [3.63, 3.8) is 0 Å². The maximum Gasteiger partial charge on any atom is 0.337 e. The molecule has 0 aromatic heterocycles. The fourth-order valence-electron chi connectivity index (χ4n) is 1.65. The van der Waals surface area contributed by atoms with Crippen LogP contribution in [0.5, 0.6) is 0 Å². The second-order valence-corrected chi connectivity index (χ2v) is 5.74. The number of hydrogen-bond donors (Lipinski definition) is 2. The lowest BCUT2D eigenvalue weighted by atomic mass is 10.1. The number of aryl methyl sites for hydroxylation is 1. The first-order chi connectivity index (χ1) is 10.1. The molecule has 21 heavy (non-hydrogen) atoms. The first-order valence-electron chi connectivity index (χ1n) is 6.90. The quantitative estimate of drug-likeness (QED) is 0.600. The molecule has 0 unspecified atom stereocenters. The highest BCUT2D eigenvalue weighted by molar-refractivity contribution is 7.99. The normalized spacial score (nSPS) is 10.0. The number of urea groups is 1. The van der Waals surface area contributed by atoms with Gasteiger partial charge < -0.3 is 15.4 Å². The molecule has 0 spiro atoms. The summed E-state index contributed by atoms with van der Waals surface area (Å²) in [5, 5.41) is 5.55. The summed E-state index contributed by atoms with van der Waals surface area (Å²) in [5.74, 6) is 1.57. The van der Waals surface area contributed by atoms with Crippen molar-refractivity contribution in [3.8, 4) is 0 Å². The standard InChI is InChI=1S/C15H22N2O3S/c1-4-8-21-9-7-16-15(19)17-13-10-12(14(18)20-3)6-5-11(13)2/h5-6,10H,4,7-9H2,1-3H3,(H2,16,17,19). The number of anilines is 1. The van der Waals surface area contributed by atoms with E-state index in [1.54, 1.807) is 18.2 Å². The number of methoxy groups -OCH3 is 1. The van der Waals surface area contributed by atoms with Crippen molar-refractivity contribution in [1.82, 2.24) is 5.32 Å². The molecular formula is C15H22N2O3S. The van der Waals surface area contributed by atoms with Crippen LogP contribution in [0.4, 0.5) is 10.5 Å². The number of ether oxygens (including phenoxy) is 1. The van der Waals surface area contributed by atoms with E-state index in [0.29, 0.717) is 17.8 Å². The average molecular weight is 310 g/mol. The molecular weight excluding hydrogens is 288 g/mol. The van der Waals surface area contributed by atoms with Crippen LogP contribution in [0.15, 0.2) is 18.2 Å². The van der Waals surface area contributed by atoms with Crippen LogP contribution in [-0.2, 0) is 4.74 Å². The zero-order chi connectivity index (χ0) is 15.7. The maximum absolute atomic E-state index is 11.8. The van der Waals surface area contributed by atoms with Gasteiger partial charge >= 0.3 is 12.0 Å². The lowest BCUT2D eigenvalue weighted by Crippen LogP contribution is -2.30. The van der Waals surface area contributed by atoms with Crippen LogP contribution < -0.4 is 10.6 Å². The molecule has 5 nitrogen and oxygen atoms in total. The highest BCUT2D eigenvalue weighted by Crippen LogP contribution is 2.17. The fourth-order valence-corrected chi connectivity index (χ4v) is 2.39. The summed E-state index contributed by atoms with van der Waals surface area (Å²) >= 11 is 1.81. The van der Waals surface area contributed by atoms with Crippen LogP contribution in [-0.4, -0.2) is 37.2 Å². The van der Waals surface area contributed by atoms with Gasteiger partial charge in [-0.1, -0.05) is 13.0 Å². The molecule has 0 aliphatic heterocycles. The van der Waals surface area contributed by atoms with Crippen molar-refractivity contribution in [1.29, 1.82) is 0 Å². The molecule has 0 aliphatic carbocycles. The molecule has 0 radical (unpaired) electrons. The van der Waals surface area contributed by atoms with Crippen LogP contribution in [0.3, 0.4) is 0 Å². The van der Waals surface area contributed by atoms with Crippen molar-refractivity contribution in [2.45, 2.75) is 20.3 Å². The monoisotopic (exact) mass is 310 g/mol. The molecule has 116 valence electrons. The number of carbonyl (C=O) groups is 2. The molecule has 0 saturated carbocycles. The average Bonchev–Trinajstić information content (AvgIpc) is 2.48. The van der Waals surface area contributed by atoms with Gasteiger partial charge in [-0.3, -0.25) is 0 Å². The molecule has 0 heterocycles. The number of thioether (sulfide) groups is 1. The minimum atomic E-state index is -0.422. The fraction of sp³-hybridized carbons (Fsp3) is 0.467. The Kier molecular flexibility index (Phi) is 7.68. The van der Waals surface area contributed by atoms with E-state index in [1.165, 1.54) is 7.11 Å². The highest BCUT2D eigenvalue weighted by atomic mass is 32.2. The van der Waals surface area contributed by atoms with Gasteiger partial charge in [-0.25, -0.2) is 9.59 Å². The Bertz CT molecular complexity index is 492. The van der Waals surface area contributed by atoms with E-state index in [9.17, 15) is 9.59 Å². The lowest BCUT2D eigenvalue weighted by Gasteiger charge is -2.11. The van der Waals surface area contributed by atoms with Crippen molar-refractivity contribution < 1.29 is 14.3 Å². The third kappa shape index (κ3) is 6.08. The Morgan fingerprint density at radius 2 is 2.05 bits per heavy atom. The van der Waals surface area contributed by atoms with Crippen LogP contribution in [0.2, 0.25) is 0 Å². The molecule has 1 aromatic carbocycles. The summed E-state index contributed by atoms with van der Waals surface area (Å²) in [6, 6.07) is 4.80. The molecule has 0 saturated heterocycles. The first kappa shape index (κ1) is 17.4. The number of hydrogen-bond acceptors (Lipinski definition) is 4. The van der Waals surface area contributed by atoms with Gasteiger partial charge in [-0.2, -0.15) is 11.8 Å². The summed E-state index contributed by atoms with van der Waals surface area (Å²) < 4.78 is 4.67. The minimum absolute atomic E-state index is 0.266. The second-order valence-electron chi connectivity index (χ2n) is 4.51. The van der Waals surface area contributed by atoms with Crippen molar-refractivity contribution >= 4 is 29.4 Å². The number of esters is 1. The van der Waals surface area contributed by atoms with Crippen molar-refractivity contribution in [3.05, 3.63) is 29.3 Å². The predicted molar refractivity (Wildman–Crippen MR) is 87.2 cm³/mol. The van der Waals surface area contributed by atoms with E-state index in [1.807, 2.05) is 18.7 Å². The van der Waals surface area contributed by atoms with Gasteiger partial charge in [0.2, 0.25) is 0 Å². The third-order valence-corrected chi connectivity index (χ3v) is 3.98. The number of carbonyl (C=O) groups excluding carboxylic acids is 2. The number of rotatable bonds is 7. The molecule has 2 N–H and O–H groups in total. The molecule has 2 amide bonds. The van der Waals surface area contributed by atoms with Crippen LogP contribution in [0, 0.1) is 6.92 Å². The highest BCUT2D eigenvalue weighted by Gasteiger charge is 2.09. The summed E-state index contributed by atoms with van der Waals surface area (Å²) in [5.41, 5.74) is 1.91. The SMILES string of the molecule is CCCSCCNC(=O)Nc1cc(C(=O)OC)ccc1C. The van der Waals surface area contributed by atoms with Crippen LogP contribution in [0.1, 0.15) is 29.3 Å². The Hall–Kier alpha value is -1.69. The summed E-state index contributed by atoms with van der Waals surface area (Å²) in [4.78, 5) is 23.3. The molecule has 0 bridgehead atoms. The van der Waals surface area contributed by atoms with Gasteiger partial charge in [0.05, 0.1) is 12.7 Å². The Labute approximate surface area is 129 Å². The van der Waals surface area contributed by atoms with E-state index in [4.69, 9.17) is 0 Å². The Balaban J connectivity index is 2.53. The molecule has 0 atom stereocenters. The summed E-state index contributed by atoms with van der Waals surface area (Å²) in [7, 11) is 1.33. The largest absolute Gasteiger partial charge is 0.465 e. The van der Waals surface area contributed by atoms with E-state index in [0.717, 1.165) is 23.5 Å². The Morgan fingerprint density at radius 1 is 1.29 bits per heavy atom. The van der Waals surface area contributed by atoms with Gasteiger partial charge in [0, 0.05) is 18.0 Å². The van der Waals surface area contributed by atoms with Crippen LogP contribution in [0.25, 0.3) is 0 Å². The number of amides is 2. The molecule has 0 aliphatic rings. The Morgan fingerprint density at radius 3 is 2.71 bits per heavy atom. The molecule has 6 heteroatoms. The smallest absolute Gasteiger partial charge is 0.337 e. The van der Waals surface area contributed by atoms with E-state index in [2.05, 4.69) is 22.3 Å². The minimum Gasteiger partial charge on any atom is -0.465 e. The summed E-state index contributed by atoms with van der Waals surface area (Å²) in [6.07, 6.45) is 1.14. The van der Waals surface area contributed by atoms with Gasteiger partial charge in [0.25, 0.3) is 0 Å². The van der Waals surface area contributed by atoms with Gasteiger partial charge in [-0.05, 0) is 36.8 Å². The second kappa shape index (κ2) is 9.28. The zero-order valence-corrected chi connectivity index (χ0v) is 13.5. The topological polar surface area (TPSA) is 67.4 Å². The van der Waals surface area contributed by atoms with Gasteiger partial charge in [0.1, 0.15) is 0 Å².